The lowest BCUT2D eigenvalue weighted by Gasteiger charge is -2.14. The summed E-state index contributed by atoms with van der Waals surface area (Å²) in [5, 5.41) is 0. The van der Waals surface area contributed by atoms with Gasteiger partial charge in [0, 0.05) is 0 Å². The molecule has 0 amide bonds. The SMILES string of the molecule is Cc1nc2ccc(C(C)OCc3ccc(Oc4ccccc4)cc3)cc2[nH]1. The molecule has 4 nitrogen and oxygen atoms in total. The summed E-state index contributed by atoms with van der Waals surface area (Å²) < 4.78 is 11.9. The molecule has 0 aliphatic carbocycles. The fraction of sp³-hybridized carbons (Fsp3) is 0.174. The molecule has 4 rings (SSSR count). The van der Waals surface area contributed by atoms with E-state index in [1.165, 1.54) is 0 Å². The van der Waals surface area contributed by atoms with E-state index in [0.717, 1.165) is 39.5 Å². The van der Waals surface area contributed by atoms with Crippen LogP contribution in [-0.4, -0.2) is 9.97 Å². The first-order chi connectivity index (χ1) is 13.2. The van der Waals surface area contributed by atoms with Gasteiger partial charge in [-0.15, -0.1) is 0 Å². The van der Waals surface area contributed by atoms with Crippen molar-refractivity contribution in [2.75, 3.05) is 0 Å². The van der Waals surface area contributed by atoms with Crippen molar-refractivity contribution in [1.29, 1.82) is 0 Å². The number of benzene rings is 3. The summed E-state index contributed by atoms with van der Waals surface area (Å²) in [6.07, 6.45) is -0.00162. The number of hydrogen-bond acceptors (Lipinski definition) is 3. The van der Waals surface area contributed by atoms with Gasteiger partial charge in [0.2, 0.25) is 0 Å². The number of para-hydroxylation sites is 1. The number of rotatable bonds is 6. The lowest BCUT2D eigenvalue weighted by molar-refractivity contribution is 0.0526. The Balaban J connectivity index is 1.37. The molecule has 1 N–H and O–H groups in total. The monoisotopic (exact) mass is 358 g/mol. The third-order valence-corrected chi connectivity index (χ3v) is 4.50. The van der Waals surface area contributed by atoms with E-state index in [9.17, 15) is 0 Å². The first kappa shape index (κ1) is 17.3. The molecule has 0 fully saturated rings. The van der Waals surface area contributed by atoms with Crippen LogP contribution in [0.5, 0.6) is 11.5 Å². The van der Waals surface area contributed by atoms with Gasteiger partial charge in [-0.05, 0) is 61.4 Å². The van der Waals surface area contributed by atoms with Gasteiger partial charge in [-0.1, -0.05) is 36.4 Å². The molecule has 4 heteroatoms. The Labute approximate surface area is 158 Å². The molecule has 4 aromatic rings. The van der Waals surface area contributed by atoms with Gasteiger partial charge in [-0.3, -0.25) is 0 Å². The molecule has 1 atom stereocenters. The molecule has 1 aromatic heterocycles. The average Bonchev–Trinajstić information content (AvgIpc) is 3.07. The lowest BCUT2D eigenvalue weighted by atomic mass is 10.1. The minimum atomic E-state index is -0.00162. The smallest absolute Gasteiger partial charge is 0.127 e. The van der Waals surface area contributed by atoms with Crippen molar-refractivity contribution in [3.63, 3.8) is 0 Å². The second-order valence-electron chi connectivity index (χ2n) is 6.61. The maximum atomic E-state index is 6.05. The van der Waals surface area contributed by atoms with Crippen LogP contribution in [0.15, 0.2) is 72.8 Å². The summed E-state index contributed by atoms with van der Waals surface area (Å²) in [4.78, 5) is 7.71. The van der Waals surface area contributed by atoms with Crippen molar-refractivity contribution in [2.24, 2.45) is 0 Å². The summed E-state index contributed by atoms with van der Waals surface area (Å²) in [7, 11) is 0. The predicted molar refractivity (Wildman–Crippen MR) is 107 cm³/mol. The quantitative estimate of drug-likeness (QED) is 0.464. The van der Waals surface area contributed by atoms with Crippen LogP contribution in [0, 0.1) is 6.92 Å². The zero-order chi connectivity index (χ0) is 18.6. The van der Waals surface area contributed by atoms with Crippen LogP contribution < -0.4 is 4.74 Å². The summed E-state index contributed by atoms with van der Waals surface area (Å²) >= 11 is 0. The van der Waals surface area contributed by atoms with E-state index in [1.54, 1.807) is 0 Å². The first-order valence-electron chi connectivity index (χ1n) is 9.07. The average molecular weight is 358 g/mol. The number of aromatic amines is 1. The molecule has 0 aliphatic rings. The Kier molecular flexibility index (Phi) is 4.90. The van der Waals surface area contributed by atoms with Crippen molar-refractivity contribution >= 4 is 11.0 Å². The van der Waals surface area contributed by atoms with E-state index in [4.69, 9.17) is 9.47 Å². The fourth-order valence-corrected chi connectivity index (χ4v) is 3.00. The molecule has 0 radical (unpaired) electrons. The molecule has 0 saturated carbocycles. The van der Waals surface area contributed by atoms with Crippen LogP contribution in [0.1, 0.15) is 30.0 Å². The van der Waals surface area contributed by atoms with Gasteiger partial charge < -0.3 is 14.5 Å². The van der Waals surface area contributed by atoms with Gasteiger partial charge in [-0.2, -0.15) is 0 Å². The van der Waals surface area contributed by atoms with E-state index in [1.807, 2.05) is 67.6 Å². The molecule has 0 aliphatic heterocycles. The maximum absolute atomic E-state index is 6.05. The van der Waals surface area contributed by atoms with Crippen molar-refractivity contribution in [2.45, 2.75) is 26.6 Å². The molecular formula is C23H22N2O2. The minimum absolute atomic E-state index is 0.00162. The summed E-state index contributed by atoms with van der Waals surface area (Å²) in [6.45, 7) is 4.58. The predicted octanol–water partition coefficient (Wildman–Crippen LogP) is 5.94. The van der Waals surface area contributed by atoms with Gasteiger partial charge in [0.05, 0.1) is 23.7 Å². The van der Waals surface area contributed by atoms with Crippen LogP contribution in [0.25, 0.3) is 11.0 Å². The largest absolute Gasteiger partial charge is 0.457 e. The molecule has 0 saturated heterocycles. The minimum Gasteiger partial charge on any atom is -0.457 e. The molecule has 1 unspecified atom stereocenters. The van der Waals surface area contributed by atoms with Gasteiger partial charge in [0.1, 0.15) is 17.3 Å². The van der Waals surface area contributed by atoms with Crippen LogP contribution >= 0.6 is 0 Å². The molecule has 27 heavy (non-hydrogen) atoms. The van der Waals surface area contributed by atoms with E-state index in [2.05, 4.69) is 29.0 Å². The van der Waals surface area contributed by atoms with Crippen LogP contribution in [0.4, 0.5) is 0 Å². The zero-order valence-electron chi connectivity index (χ0n) is 15.5. The normalized spacial score (nSPS) is 12.2. The lowest BCUT2D eigenvalue weighted by Crippen LogP contribution is -2.00. The second-order valence-corrected chi connectivity index (χ2v) is 6.61. The summed E-state index contributed by atoms with van der Waals surface area (Å²) in [6, 6.07) is 24.0. The zero-order valence-corrected chi connectivity index (χ0v) is 15.5. The number of nitrogens with zero attached hydrogens (tertiary/aromatic N) is 1. The van der Waals surface area contributed by atoms with E-state index in [0.29, 0.717) is 6.61 Å². The van der Waals surface area contributed by atoms with Gasteiger partial charge in [0.25, 0.3) is 0 Å². The van der Waals surface area contributed by atoms with Crippen LogP contribution in [0.2, 0.25) is 0 Å². The summed E-state index contributed by atoms with van der Waals surface area (Å²) in [5.74, 6) is 2.58. The topological polar surface area (TPSA) is 47.1 Å². The third kappa shape index (κ3) is 4.18. The Bertz CT molecular complexity index is 1020. The number of aryl methyl sites for hydroxylation is 1. The Morgan fingerprint density at radius 3 is 2.44 bits per heavy atom. The number of ether oxygens (including phenoxy) is 2. The maximum Gasteiger partial charge on any atom is 0.127 e. The van der Waals surface area contributed by atoms with Crippen LogP contribution in [-0.2, 0) is 11.3 Å². The Hall–Kier alpha value is -3.11. The van der Waals surface area contributed by atoms with Gasteiger partial charge in [-0.25, -0.2) is 4.98 Å². The van der Waals surface area contributed by atoms with E-state index in [-0.39, 0.29) is 6.10 Å². The highest BCUT2D eigenvalue weighted by atomic mass is 16.5. The Morgan fingerprint density at radius 1 is 0.926 bits per heavy atom. The molecule has 0 bridgehead atoms. The number of H-pyrrole nitrogens is 1. The highest BCUT2D eigenvalue weighted by molar-refractivity contribution is 5.75. The van der Waals surface area contributed by atoms with Gasteiger partial charge in [0.15, 0.2) is 0 Å². The van der Waals surface area contributed by atoms with E-state index < -0.39 is 0 Å². The van der Waals surface area contributed by atoms with Crippen molar-refractivity contribution in [3.8, 4) is 11.5 Å². The number of hydrogen-bond donors (Lipinski definition) is 1. The van der Waals surface area contributed by atoms with Crippen molar-refractivity contribution in [3.05, 3.63) is 89.7 Å². The second kappa shape index (κ2) is 7.64. The molecule has 3 aromatic carbocycles. The number of nitrogens with one attached hydrogen (secondary N) is 1. The highest BCUT2D eigenvalue weighted by Gasteiger charge is 2.09. The summed E-state index contributed by atoms with van der Waals surface area (Å²) in [5.41, 5.74) is 4.27. The first-order valence-corrected chi connectivity index (χ1v) is 9.07. The van der Waals surface area contributed by atoms with Crippen molar-refractivity contribution in [1.82, 2.24) is 9.97 Å². The third-order valence-electron chi connectivity index (χ3n) is 4.50. The number of fused-ring (bicyclic) bond motifs is 1. The highest BCUT2D eigenvalue weighted by Crippen LogP contribution is 2.24. The standard InChI is InChI=1S/C23H22N2O2/c1-16(19-10-13-22-23(14-19)25-17(2)24-22)26-15-18-8-11-21(12-9-18)27-20-6-4-3-5-7-20/h3-14,16H,15H2,1-2H3,(H,24,25). The molecule has 0 spiro atoms. The van der Waals surface area contributed by atoms with E-state index >= 15 is 0 Å². The molecular weight excluding hydrogens is 336 g/mol. The number of imidazole rings is 1. The fourth-order valence-electron chi connectivity index (χ4n) is 3.00. The molecule has 1 heterocycles. The molecule has 136 valence electrons. The van der Waals surface area contributed by atoms with Gasteiger partial charge >= 0.3 is 0 Å². The number of aromatic nitrogens is 2. The van der Waals surface area contributed by atoms with Crippen LogP contribution in [0.3, 0.4) is 0 Å². The Morgan fingerprint density at radius 2 is 1.67 bits per heavy atom. The van der Waals surface area contributed by atoms with Crippen molar-refractivity contribution < 1.29 is 9.47 Å².